The van der Waals surface area contributed by atoms with Crippen molar-refractivity contribution in [3.05, 3.63) is 24.3 Å². The fraction of sp³-hybridized carbons (Fsp3) is 0.462. The highest BCUT2D eigenvalue weighted by Crippen LogP contribution is 2.29. The van der Waals surface area contributed by atoms with Crippen LogP contribution >= 0.6 is 0 Å². The molecule has 1 atom stereocenters. The van der Waals surface area contributed by atoms with Gasteiger partial charge in [-0.1, -0.05) is 12.1 Å². The van der Waals surface area contributed by atoms with Crippen LogP contribution in [0.1, 0.15) is 6.92 Å². The summed E-state index contributed by atoms with van der Waals surface area (Å²) in [7, 11) is 0. The normalized spacial score (nSPS) is 17.7. The SMILES string of the molecule is CCN(CC(F)(F)F)C(=O)C1CNc2ccccc2O1. The number of nitrogens with one attached hydrogen (secondary N) is 1. The third-order valence-electron chi connectivity index (χ3n) is 2.97. The Labute approximate surface area is 114 Å². The smallest absolute Gasteiger partial charge is 0.406 e. The molecule has 1 N–H and O–H groups in total. The molecule has 0 radical (unpaired) electrons. The molecule has 1 aromatic rings. The largest absolute Gasteiger partial charge is 0.477 e. The van der Waals surface area contributed by atoms with Gasteiger partial charge in [0.15, 0.2) is 6.10 Å². The molecule has 2 rings (SSSR count). The zero-order valence-electron chi connectivity index (χ0n) is 10.9. The maximum absolute atomic E-state index is 12.4. The van der Waals surface area contributed by atoms with Gasteiger partial charge in [-0.2, -0.15) is 13.2 Å². The average Bonchev–Trinajstić information content (AvgIpc) is 2.42. The molecule has 1 unspecified atom stereocenters. The van der Waals surface area contributed by atoms with Gasteiger partial charge in [-0.15, -0.1) is 0 Å². The molecule has 0 bridgehead atoms. The van der Waals surface area contributed by atoms with Gasteiger partial charge in [0.05, 0.1) is 12.2 Å². The van der Waals surface area contributed by atoms with Crippen LogP contribution in [0.4, 0.5) is 18.9 Å². The quantitative estimate of drug-likeness (QED) is 0.927. The monoisotopic (exact) mass is 288 g/mol. The Morgan fingerprint density at radius 3 is 2.80 bits per heavy atom. The van der Waals surface area contributed by atoms with E-state index in [1.807, 2.05) is 0 Å². The Kier molecular flexibility index (Phi) is 4.06. The number of nitrogens with zero attached hydrogens (tertiary/aromatic N) is 1. The van der Waals surface area contributed by atoms with Crippen molar-refractivity contribution < 1.29 is 22.7 Å². The molecule has 0 spiro atoms. The molecule has 4 nitrogen and oxygen atoms in total. The summed E-state index contributed by atoms with van der Waals surface area (Å²) in [6.07, 6.45) is -5.35. The number of rotatable bonds is 3. The van der Waals surface area contributed by atoms with Crippen molar-refractivity contribution in [2.24, 2.45) is 0 Å². The molecule has 0 saturated carbocycles. The van der Waals surface area contributed by atoms with Crippen molar-refractivity contribution in [3.8, 4) is 5.75 Å². The van der Waals surface area contributed by atoms with Crippen molar-refractivity contribution in [1.82, 2.24) is 4.90 Å². The Hall–Kier alpha value is -1.92. The van der Waals surface area contributed by atoms with Crippen LogP contribution < -0.4 is 10.1 Å². The van der Waals surface area contributed by atoms with Crippen LogP contribution in [0.25, 0.3) is 0 Å². The van der Waals surface area contributed by atoms with E-state index in [2.05, 4.69) is 5.32 Å². The van der Waals surface area contributed by atoms with Crippen LogP contribution in [0.5, 0.6) is 5.75 Å². The van der Waals surface area contributed by atoms with Gasteiger partial charge in [-0.3, -0.25) is 4.79 Å². The first-order valence-corrected chi connectivity index (χ1v) is 6.26. The fourth-order valence-electron chi connectivity index (χ4n) is 2.02. The Bertz CT molecular complexity index is 491. The number of carbonyl (C=O) groups excluding carboxylic acids is 1. The van der Waals surface area contributed by atoms with Gasteiger partial charge < -0.3 is 15.0 Å². The topological polar surface area (TPSA) is 41.6 Å². The number of amides is 1. The first kappa shape index (κ1) is 14.5. The van der Waals surface area contributed by atoms with E-state index in [4.69, 9.17) is 4.74 Å². The van der Waals surface area contributed by atoms with Crippen LogP contribution in [0, 0.1) is 0 Å². The van der Waals surface area contributed by atoms with Gasteiger partial charge >= 0.3 is 6.18 Å². The summed E-state index contributed by atoms with van der Waals surface area (Å²) in [5, 5.41) is 2.98. The molecule has 1 aliphatic rings. The number of carbonyl (C=O) groups is 1. The maximum atomic E-state index is 12.4. The molecule has 1 amide bonds. The van der Waals surface area contributed by atoms with E-state index in [-0.39, 0.29) is 13.1 Å². The average molecular weight is 288 g/mol. The van der Waals surface area contributed by atoms with Crippen molar-refractivity contribution in [2.75, 3.05) is 25.0 Å². The first-order valence-electron chi connectivity index (χ1n) is 6.26. The standard InChI is InChI=1S/C13H15F3N2O2/c1-2-18(8-13(14,15)16)12(19)11-7-17-9-5-3-4-6-10(9)20-11/h3-6,11,17H,2,7-8H2,1H3. The summed E-state index contributed by atoms with van der Waals surface area (Å²) in [5.41, 5.74) is 0.732. The molecule has 0 saturated heterocycles. The summed E-state index contributed by atoms with van der Waals surface area (Å²) in [4.78, 5) is 12.8. The summed E-state index contributed by atoms with van der Waals surface area (Å²) >= 11 is 0. The fourth-order valence-corrected chi connectivity index (χ4v) is 2.02. The lowest BCUT2D eigenvalue weighted by atomic mass is 10.2. The Morgan fingerprint density at radius 1 is 1.45 bits per heavy atom. The predicted octanol–water partition coefficient (Wildman–Crippen LogP) is 2.27. The number of hydrogen-bond donors (Lipinski definition) is 1. The number of fused-ring (bicyclic) bond motifs is 1. The van der Waals surface area contributed by atoms with Crippen LogP contribution in [0.15, 0.2) is 24.3 Å². The molecule has 1 aromatic carbocycles. The van der Waals surface area contributed by atoms with Gasteiger partial charge in [0.2, 0.25) is 0 Å². The maximum Gasteiger partial charge on any atom is 0.406 e. The number of halogens is 3. The van der Waals surface area contributed by atoms with Gasteiger partial charge in [0.25, 0.3) is 5.91 Å². The summed E-state index contributed by atoms with van der Waals surface area (Å²) in [6, 6.07) is 6.99. The summed E-state index contributed by atoms with van der Waals surface area (Å²) in [5.74, 6) is -0.188. The van der Waals surface area contributed by atoms with E-state index in [0.29, 0.717) is 5.75 Å². The van der Waals surface area contributed by atoms with Crippen LogP contribution in [-0.4, -0.2) is 42.7 Å². The first-order chi connectivity index (χ1) is 9.40. The lowest BCUT2D eigenvalue weighted by Gasteiger charge is -2.31. The molecule has 7 heteroatoms. The number of ether oxygens (including phenoxy) is 1. The third kappa shape index (κ3) is 3.34. The second-order valence-corrected chi connectivity index (χ2v) is 4.45. The molecule has 1 heterocycles. The summed E-state index contributed by atoms with van der Waals surface area (Å²) < 4.78 is 42.7. The zero-order valence-corrected chi connectivity index (χ0v) is 10.9. The van der Waals surface area contributed by atoms with Crippen LogP contribution in [-0.2, 0) is 4.79 Å². The van der Waals surface area contributed by atoms with E-state index in [0.717, 1.165) is 10.6 Å². The van der Waals surface area contributed by atoms with Crippen LogP contribution in [0.2, 0.25) is 0 Å². The van der Waals surface area contributed by atoms with Crippen molar-refractivity contribution in [3.63, 3.8) is 0 Å². The predicted molar refractivity (Wildman–Crippen MR) is 67.7 cm³/mol. The minimum Gasteiger partial charge on any atom is -0.477 e. The Balaban J connectivity index is 2.07. The van der Waals surface area contributed by atoms with E-state index in [1.54, 1.807) is 24.3 Å². The van der Waals surface area contributed by atoms with E-state index in [1.165, 1.54) is 6.92 Å². The van der Waals surface area contributed by atoms with Gasteiger partial charge in [0, 0.05) is 6.54 Å². The number of anilines is 1. The lowest BCUT2D eigenvalue weighted by Crippen LogP contribution is -2.49. The molecule has 0 aliphatic carbocycles. The van der Waals surface area contributed by atoms with E-state index < -0.39 is 24.7 Å². The molecular formula is C13H15F3N2O2. The third-order valence-corrected chi connectivity index (χ3v) is 2.97. The highest BCUT2D eigenvalue weighted by Gasteiger charge is 2.36. The number of alkyl halides is 3. The van der Waals surface area contributed by atoms with Gasteiger partial charge in [0.1, 0.15) is 12.3 Å². The number of hydrogen-bond acceptors (Lipinski definition) is 3. The zero-order chi connectivity index (χ0) is 14.8. The highest BCUT2D eigenvalue weighted by atomic mass is 19.4. The lowest BCUT2D eigenvalue weighted by molar-refractivity contribution is -0.164. The molecule has 110 valence electrons. The van der Waals surface area contributed by atoms with Crippen molar-refractivity contribution >= 4 is 11.6 Å². The number of benzene rings is 1. The second-order valence-electron chi connectivity index (χ2n) is 4.45. The number of para-hydroxylation sites is 2. The second kappa shape index (κ2) is 5.60. The van der Waals surface area contributed by atoms with Crippen molar-refractivity contribution in [2.45, 2.75) is 19.2 Å². The van der Waals surface area contributed by atoms with Gasteiger partial charge in [-0.25, -0.2) is 0 Å². The summed E-state index contributed by atoms with van der Waals surface area (Å²) in [6.45, 7) is 0.391. The molecule has 0 aromatic heterocycles. The van der Waals surface area contributed by atoms with E-state index in [9.17, 15) is 18.0 Å². The van der Waals surface area contributed by atoms with Crippen molar-refractivity contribution in [1.29, 1.82) is 0 Å². The number of likely N-dealkylation sites (N-methyl/N-ethyl adjacent to an activating group) is 1. The molecule has 20 heavy (non-hydrogen) atoms. The highest BCUT2D eigenvalue weighted by molar-refractivity contribution is 5.83. The molecule has 0 fully saturated rings. The Morgan fingerprint density at radius 2 is 2.15 bits per heavy atom. The minimum absolute atomic E-state index is 0.0140. The van der Waals surface area contributed by atoms with Gasteiger partial charge in [-0.05, 0) is 19.1 Å². The van der Waals surface area contributed by atoms with Crippen LogP contribution in [0.3, 0.4) is 0 Å². The molecule has 1 aliphatic heterocycles. The molecular weight excluding hydrogens is 273 g/mol. The van der Waals surface area contributed by atoms with E-state index >= 15 is 0 Å². The minimum atomic E-state index is -4.41.